The Morgan fingerprint density at radius 2 is 1.71 bits per heavy atom. The molecule has 2 aliphatic heterocycles. The van der Waals surface area contributed by atoms with Gasteiger partial charge in [-0.3, -0.25) is 14.4 Å². The molecule has 0 radical (unpaired) electrons. The quantitative estimate of drug-likeness (QED) is 0.249. The van der Waals surface area contributed by atoms with Gasteiger partial charge in [-0.25, -0.2) is 9.97 Å². The second kappa shape index (κ2) is 11.6. The van der Waals surface area contributed by atoms with E-state index in [-0.39, 0.29) is 29.5 Å². The van der Waals surface area contributed by atoms with Crippen molar-refractivity contribution in [2.75, 3.05) is 56.5 Å². The Hall–Kier alpha value is -2.07. The number of thioether (sulfide) groups is 1. The number of halogens is 1. The fourth-order valence-corrected chi connectivity index (χ4v) is 5.05. The van der Waals surface area contributed by atoms with Crippen LogP contribution in [0.1, 0.15) is 40.5 Å². The van der Waals surface area contributed by atoms with Crippen LogP contribution in [0.3, 0.4) is 0 Å². The van der Waals surface area contributed by atoms with Crippen molar-refractivity contribution in [1.82, 2.24) is 19.8 Å². The minimum absolute atomic E-state index is 0.00765. The van der Waals surface area contributed by atoms with Crippen LogP contribution >= 0.6 is 23.4 Å². The molecule has 0 bridgehead atoms. The normalized spacial score (nSPS) is 17.6. The van der Waals surface area contributed by atoms with Gasteiger partial charge in [0.05, 0.1) is 18.3 Å². The lowest BCUT2D eigenvalue weighted by Gasteiger charge is -2.38. The van der Waals surface area contributed by atoms with Gasteiger partial charge >= 0.3 is 5.97 Å². The van der Waals surface area contributed by atoms with Crippen LogP contribution < -0.4 is 4.90 Å². The number of ether oxygens (including phenoxy) is 1. The highest BCUT2D eigenvalue weighted by atomic mass is 35.5. The van der Waals surface area contributed by atoms with E-state index in [0.29, 0.717) is 74.8 Å². The van der Waals surface area contributed by atoms with Gasteiger partial charge in [-0.15, -0.1) is 0 Å². The fourth-order valence-electron chi connectivity index (χ4n) is 4.07. The molecule has 0 unspecified atom stereocenters. The van der Waals surface area contributed by atoms with Gasteiger partial charge in [0.2, 0.25) is 11.8 Å². The summed E-state index contributed by atoms with van der Waals surface area (Å²) in [7, 11) is 0. The van der Waals surface area contributed by atoms with E-state index in [0.717, 1.165) is 0 Å². The Morgan fingerprint density at radius 3 is 2.29 bits per heavy atom. The number of nitrogens with zero attached hydrogens (tertiary/aromatic N) is 5. The summed E-state index contributed by atoms with van der Waals surface area (Å²) in [5.74, 6) is 0.744. The second-order valence-electron chi connectivity index (χ2n) is 9.56. The molecule has 2 fully saturated rings. The molecule has 3 heterocycles. The maximum atomic E-state index is 12.7. The summed E-state index contributed by atoms with van der Waals surface area (Å²) in [6, 6.07) is 1.72. The zero-order valence-corrected chi connectivity index (χ0v) is 22.0. The Balaban J connectivity index is 1.51. The van der Waals surface area contributed by atoms with Crippen LogP contribution in [0.25, 0.3) is 0 Å². The predicted molar refractivity (Wildman–Crippen MR) is 132 cm³/mol. The highest BCUT2D eigenvalue weighted by molar-refractivity contribution is 7.99. The lowest BCUT2D eigenvalue weighted by Crippen LogP contribution is -2.51. The van der Waals surface area contributed by atoms with Gasteiger partial charge < -0.3 is 19.4 Å². The lowest BCUT2D eigenvalue weighted by molar-refractivity contribution is -0.151. The van der Waals surface area contributed by atoms with E-state index in [9.17, 15) is 14.4 Å². The maximum Gasteiger partial charge on any atom is 0.309 e. The summed E-state index contributed by atoms with van der Waals surface area (Å²) in [5, 5.41) is 0.772. The van der Waals surface area contributed by atoms with Crippen molar-refractivity contribution in [3.8, 4) is 0 Å². The number of esters is 1. The molecular formula is C23H34ClN5O4S. The number of hydrogen-bond acceptors (Lipinski definition) is 8. The largest absolute Gasteiger partial charge is 0.466 e. The number of anilines is 1. The first-order chi connectivity index (χ1) is 16.1. The van der Waals surface area contributed by atoms with Crippen LogP contribution in [0.2, 0.25) is 5.15 Å². The lowest BCUT2D eigenvalue weighted by atomic mass is 9.94. The second-order valence-corrected chi connectivity index (χ2v) is 10.9. The highest BCUT2D eigenvalue weighted by Crippen LogP contribution is 2.25. The van der Waals surface area contributed by atoms with Gasteiger partial charge in [0.15, 0.2) is 5.16 Å². The van der Waals surface area contributed by atoms with E-state index in [1.165, 1.54) is 11.8 Å². The Bertz CT molecular complexity index is 894. The number of rotatable bonds is 6. The third-order valence-electron chi connectivity index (χ3n) is 5.99. The molecule has 2 aliphatic rings. The summed E-state index contributed by atoms with van der Waals surface area (Å²) in [5.41, 5.74) is -0.398. The zero-order chi connectivity index (χ0) is 24.9. The van der Waals surface area contributed by atoms with Crippen molar-refractivity contribution in [2.45, 2.75) is 45.7 Å². The molecule has 0 atom stereocenters. The smallest absolute Gasteiger partial charge is 0.309 e. The molecule has 0 N–H and O–H groups in total. The number of carbonyl (C=O) groups excluding carboxylic acids is 3. The van der Waals surface area contributed by atoms with Crippen LogP contribution in [0.4, 0.5) is 5.82 Å². The molecule has 2 saturated heterocycles. The van der Waals surface area contributed by atoms with Crippen LogP contribution in [-0.4, -0.2) is 89.2 Å². The van der Waals surface area contributed by atoms with E-state index in [1.807, 2.05) is 25.7 Å². The van der Waals surface area contributed by atoms with Gasteiger partial charge in [0, 0.05) is 50.7 Å². The van der Waals surface area contributed by atoms with Gasteiger partial charge in [-0.05, 0) is 19.8 Å². The highest BCUT2D eigenvalue weighted by Gasteiger charge is 2.31. The summed E-state index contributed by atoms with van der Waals surface area (Å²) >= 11 is 7.51. The Labute approximate surface area is 210 Å². The van der Waals surface area contributed by atoms with Crippen molar-refractivity contribution >= 4 is 47.0 Å². The first kappa shape index (κ1) is 26.5. The van der Waals surface area contributed by atoms with Crippen LogP contribution in [0, 0.1) is 11.3 Å². The molecule has 2 amide bonds. The number of aromatic nitrogens is 2. The molecule has 0 aromatic carbocycles. The van der Waals surface area contributed by atoms with Crippen molar-refractivity contribution in [3.63, 3.8) is 0 Å². The molecule has 0 aliphatic carbocycles. The van der Waals surface area contributed by atoms with Crippen molar-refractivity contribution in [3.05, 3.63) is 11.2 Å². The van der Waals surface area contributed by atoms with Crippen molar-refractivity contribution < 1.29 is 19.1 Å². The third kappa shape index (κ3) is 6.97. The molecule has 9 nitrogen and oxygen atoms in total. The molecule has 3 rings (SSSR count). The number of likely N-dealkylation sites (tertiary alicyclic amines) is 1. The number of amides is 2. The van der Waals surface area contributed by atoms with E-state index in [1.54, 1.807) is 17.9 Å². The van der Waals surface area contributed by atoms with Gasteiger partial charge in [0.25, 0.3) is 0 Å². The average Bonchev–Trinajstić information content (AvgIpc) is 2.81. The molecule has 0 spiro atoms. The van der Waals surface area contributed by atoms with Gasteiger partial charge in [0.1, 0.15) is 11.0 Å². The van der Waals surface area contributed by atoms with E-state index in [4.69, 9.17) is 16.3 Å². The monoisotopic (exact) mass is 511 g/mol. The van der Waals surface area contributed by atoms with Crippen LogP contribution in [0.15, 0.2) is 11.2 Å². The van der Waals surface area contributed by atoms with E-state index < -0.39 is 5.41 Å². The summed E-state index contributed by atoms with van der Waals surface area (Å²) in [6.45, 7) is 11.6. The first-order valence-electron chi connectivity index (χ1n) is 11.7. The average molecular weight is 512 g/mol. The maximum absolute atomic E-state index is 12.7. The standard InChI is InChI=1S/C23H34ClN5O4S/c1-5-33-20(31)16-6-8-28(9-7-16)19(30)15-34-22-25-17(24)14-18(26-22)27-10-12-29(13-11-27)21(32)23(2,3)4/h14,16H,5-13,15H2,1-4H3. The summed E-state index contributed by atoms with van der Waals surface area (Å²) in [4.78, 5) is 51.7. The molecule has 0 saturated carbocycles. The first-order valence-corrected chi connectivity index (χ1v) is 13.1. The molecule has 188 valence electrons. The molecule has 11 heteroatoms. The number of piperazine rings is 1. The number of carbonyl (C=O) groups is 3. The van der Waals surface area contributed by atoms with E-state index >= 15 is 0 Å². The predicted octanol–water partition coefficient (Wildman–Crippen LogP) is 2.72. The Kier molecular flexibility index (Phi) is 9.03. The Morgan fingerprint density at radius 1 is 1.06 bits per heavy atom. The molecule has 1 aromatic rings. The third-order valence-corrected chi connectivity index (χ3v) is 7.01. The topological polar surface area (TPSA) is 95.9 Å². The SMILES string of the molecule is CCOC(=O)C1CCN(C(=O)CSc2nc(Cl)cc(N3CCN(C(=O)C(C)(C)C)CC3)n2)CC1. The van der Waals surface area contributed by atoms with E-state index in [2.05, 4.69) is 14.9 Å². The van der Waals surface area contributed by atoms with Crippen molar-refractivity contribution in [2.24, 2.45) is 11.3 Å². The van der Waals surface area contributed by atoms with Crippen molar-refractivity contribution in [1.29, 1.82) is 0 Å². The number of piperidine rings is 1. The minimum Gasteiger partial charge on any atom is -0.466 e. The fraction of sp³-hybridized carbons (Fsp3) is 0.696. The molecular weight excluding hydrogens is 478 g/mol. The molecule has 1 aromatic heterocycles. The van der Waals surface area contributed by atoms with Gasteiger partial charge in [-0.1, -0.05) is 44.1 Å². The van der Waals surface area contributed by atoms with Crippen LogP contribution in [-0.2, 0) is 19.1 Å². The summed E-state index contributed by atoms with van der Waals surface area (Å²) in [6.07, 6.45) is 1.24. The summed E-state index contributed by atoms with van der Waals surface area (Å²) < 4.78 is 5.09. The molecule has 34 heavy (non-hydrogen) atoms. The number of hydrogen-bond donors (Lipinski definition) is 0. The van der Waals surface area contributed by atoms with Crippen LogP contribution in [0.5, 0.6) is 0 Å². The minimum atomic E-state index is -0.398. The van der Waals surface area contributed by atoms with Gasteiger partial charge in [-0.2, -0.15) is 0 Å². The zero-order valence-electron chi connectivity index (χ0n) is 20.4.